The van der Waals surface area contributed by atoms with Gasteiger partial charge in [-0.25, -0.2) is 4.98 Å². The highest BCUT2D eigenvalue weighted by Crippen LogP contribution is 1.98. The van der Waals surface area contributed by atoms with Crippen molar-refractivity contribution in [3.05, 3.63) is 16.7 Å². The Kier molecular flexibility index (Phi) is 3.39. The average Bonchev–Trinajstić information content (AvgIpc) is 2.66. The number of aromatic amines is 2. The highest BCUT2D eigenvalue weighted by molar-refractivity contribution is 6.33. The van der Waals surface area contributed by atoms with Gasteiger partial charge in [0, 0.05) is 0 Å². The molecule has 10 nitrogen and oxygen atoms in total. The van der Waals surface area contributed by atoms with Gasteiger partial charge < -0.3 is 22.2 Å². The van der Waals surface area contributed by atoms with E-state index in [-0.39, 0.29) is 11.5 Å². The summed E-state index contributed by atoms with van der Waals surface area (Å²) in [6.07, 6.45) is 1.40. The third-order valence-corrected chi connectivity index (χ3v) is 1.56. The van der Waals surface area contributed by atoms with E-state index in [0.29, 0.717) is 11.2 Å². The van der Waals surface area contributed by atoms with E-state index >= 15 is 0 Å². The van der Waals surface area contributed by atoms with Gasteiger partial charge >= 0.3 is 11.8 Å². The molecule has 0 aliphatic heterocycles. The van der Waals surface area contributed by atoms with Crippen molar-refractivity contribution in [1.82, 2.24) is 19.9 Å². The minimum atomic E-state index is -1.10. The van der Waals surface area contributed by atoms with Crippen LogP contribution in [0.3, 0.4) is 0 Å². The van der Waals surface area contributed by atoms with Gasteiger partial charge in [-0.2, -0.15) is 4.98 Å². The maximum absolute atomic E-state index is 11.0. The number of nitrogens with one attached hydrogen (secondary N) is 2. The quantitative estimate of drug-likeness (QED) is 0.308. The van der Waals surface area contributed by atoms with Crippen molar-refractivity contribution in [3.63, 3.8) is 0 Å². The molecule has 0 saturated carbocycles. The summed E-state index contributed by atoms with van der Waals surface area (Å²) in [5.41, 5.74) is 14.3. The molecule has 0 radical (unpaired) electrons. The predicted molar refractivity (Wildman–Crippen MR) is 57.3 cm³/mol. The Labute approximate surface area is 93.2 Å². The fourth-order valence-electron chi connectivity index (χ4n) is 0.860. The molecule has 0 atom stereocenters. The SMILES string of the molecule is NC(=O)C(N)=O.Nc1nc2nc[nH]c2c(=O)[nH]1. The summed E-state index contributed by atoms with van der Waals surface area (Å²) in [5.74, 6) is -2.13. The number of nitrogens with two attached hydrogens (primary N) is 3. The summed E-state index contributed by atoms with van der Waals surface area (Å²) >= 11 is 0. The first-order valence-electron chi connectivity index (χ1n) is 4.20. The molecule has 0 bridgehead atoms. The van der Waals surface area contributed by atoms with Gasteiger partial charge in [-0.3, -0.25) is 19.4 Å². The number of carbonyl (C=O) groups is 2. The molecule has 0 fully saturated rings. The van der Waals surface area contributed by atoms with E-state index in [9.17, 15) is 14.4 Å². The van der Waals surface area contributed by atoms with Crippen LogP contribution in [0.15, 0.2) is 11.1 Å². The molecule has 2 aromatic heterocycles. The zero-order valence-corrected chi connectivity index (χ0v) is 8.43. The number of primary amides is 2. The van der Waals surface area contributed by atoms with Crippen LogP contribution in [0.2, 0.25) is 0 Å². The van der Waals surface area contributed by atoms with Crippen molar-refractivity contribution in [2.45, 2.75) is 0 Å². The molecule has 0 aromatic carbocycles. The number of nitrogens with zero attached hydrogens (tertiary/aromatic N) is 2. The van der Waals surface area contributed by atoms with Crippen LogP contribution in [0.1, 0.15) is 0 Å². The molecule has 8 N–H and O–H groups in total. The molecule has 2 heterocycles. The second-order valence-electron chi connectivity index (χ2n) is 2.78. The first-order valence-corrected chi connectivity index (χ1v) is 4.20. The number of nitrogen functional groups attached to an aromatic ring is 1. The second-order valence-corrected chi connectivity index (χ2v) is 2.78. The van der Waals surface area contributed by atoms with Crippen LogP contribution in [-0.2, 0) is 9.59 Å². The van der Waals surface area contributed by atoms with Crippen molar-refractivity contribution in [2.75, 3.05) is 5.73 Å². The van der Waals surface area contributed by atoms with Crippen molar-refractivity contribution < 1.29 is 9.59 Å². The lowest BCUT2D eigenvalue weighted by molar-refractivity contribution is -0.135. The summed E-state index contributed by atoms with van der Waals surface area (Å²) in [7, 11) is 0. The Bertz CT molecular complexity index is 601. The zero-order chi connectivity index (χ0) is 13.0. The monoisotopic (exact) mass is 239 g/mol. The molecule has 0 unspecified atom stereocenters. The highest BCUT2D eigenvalue weighted by atomic mass is 16.2. The summed E-state index contributed by atoms with van der Waals surface area (Å²) in [6, 6.07) is 0. The molecule has 0 spiro atoms. The van der Waals surface area contributed by atoms with E-state index in [2.05, 4.69) is 31.4 Å². The van der Waals surface area contributed by atoms with Gasteiger partial charge in [-0.15, -0.1) is 0 Å². The van der Waals surface area contributed by atoms with E-state index in [1.54, 1.807) is 0 Å². The summed E-state index contributed by atoms with van der Waals surface area (Å²) < 4.78 is 0. The van der Waals surface area contributed by atoms with E-state index in [1.165, 1.54) is 6.33 Å². The lowest BCUT2D eigenvalue weighted by atomic mass is 10.5. The highest BCUT2D eigenvalue weighted by Gasteiger charge is 2.01. The van der Waals surface area contributed by atoms with Crippen molar-refractivity contribution in [3.8, 4) is 0 Å². The smallest absolute Gasteiger partial charge is 0.306 e. The number of hydrogen-bond donors (Lipinski definition) is 5. The number of hydrogen-bond acceptors (Lipinski definition) is 6. The third-order valence-electron chi connectivity index (χ3n) is 1.56. The normalized spacial score (nSPS) is 9.41. The molecule has 10 heteroatoms. The number of fused-ring (bicyclic) bond motifs is 1. The number of carbonyl (C=O) groups excluding carboxylic acids is 2. The van der Waals surface area contributed by atoms with Gasteiger partial charge in [0.1, 0.15) is 0 Å². The lowest BCUT2D eigenvalue weighted by Gasteiger charge is -1.89. The molecule has 0 saturated heterocycles. The van der Waals surface area contributed by atoms with Crippen LogP contribution >= 0.6 is 0 Å². The first-order chi connectivity index (χ1) is 7.91. The summed E-state index contributed by atoms with van der Waals surface area (Å²) in [4.78, 5) is 42.4. The lowest BCUT2D eigenvalue weighted by Crippen LogP contribution is -2.29. The topological polar surface area (TPSA) is 187 Å². The number of H-pyrrole nitrogens is 2. The number of anilines is 1. The number of aromatic nitrogens is 4. The van der Waals surface area contributed by atoms with E-state index in [0.717, 1.165) is 0 Å². The molecule has 0 aliphatic carbocycles. The Hall–Kier alpha value is -2.91. The Balaban J connectivity index is 0.000000209. The Morgan fingerprint density at radius 3 is 2.35 bits per heavy atom. The maximum atomic E-state index is 11.0. The largest absolute Gasteiger partial charge is 0.369 e. The van der Waals surface area contributed by atoms with E-state index in [1.807, 2.05) is 0 Å². The van der Waals surface area contributed by atoms with E-state index < -0.39 is 11.8 Å². The molecule has 2 aromatic rings. The van der Waals surface area contributed by atoms with Gasteiger partial charge in [-0.05, 0) is 0 Å². The van der Waals surface area contributed by atoms with Crippen LogP contribution in [0.25, 0.3) is 11.2 Å². The van der Waals surface area contributed by atoms with Crippen LogP contribution in [-0.4, -0.2) is 31.8 Å². The van der Waals surface area contributed by atoms with Gasteiger partial charge in [0.25, 0.3) is 5.56 Å². The minimum Gasteiger partial charge on any atom is -0.369 e. The fraction of sp³-hybridized carbons (Fsp3) is 0. The van der Waals surface area contributed by atoms with Crippen molar-refractivity contribution >= 4 is 28.9 Å². The number of amides is 2. The summed E-state index contributed by atoms with van der Waals surface area (Å²) in [5, 5.41) is 0. The third kappa shape index (κ3) is 3.02. The Morgan fingerprint density at radius 1 is 1.24 bits per heavy atom. The molecule has 17 heavy (non-hydrogen) atoms. The van der Waals surface area contributed by atoms with Gasteiger partial charge in [0.05, 0.1) is 6.33 Å². The summed E-state index contributed by atoms with van der Waals surface area (Å²) in [6.45, 7) is 0. The standard InChI is InChI=1S/C5H5N5O.C2H4N2O2/c6-5-9-3-2(4(11)10-5)7-1-8-3;3-1(5)2(4)6/h1H,(H4,6,7,8,9,10,11);(H2,3,5)(H2,4,6). The second kappa shape index (κ2) is 4.74. The molecule has 2 amide bonds. The van der Waals surface area contributed by atoms with Crippen LogP contribution < -0.4 is 22.8 Å². The van der Waals surface area contributed by atoms with Crippen molar-refractivity contribution in [2.24, 2.45) is 11.5 Å². The van der Waals surface area contributed by atoms with E-state index in [4.69, 9.17) is 5.73 Å². The fourth-order valence-corrected chi connectivity index (χ4v) is 0.860. The number of rotatable bonds is 0. The van der Waals surface area contributed by atoms with Crippen LogP contribution in [0.5, 0.6) is 0 Å². The van der Waals surface area contributed by atoms with Gasteiger partial charge in [0.2, 0.25) is 5.95 Å². The molecule has 90 valence electrons. The average molecular weight is 239 g/mol. The van der Waals surface area contributed by atoms with Gasteiger partial charge in [-0.1, -0.05) is 0 Å². The van der Waals surface area contributed by atoms with Crippen LogP contribution in [0.4, 0.5) is 5.95 Å². The molecular weight excluding hydrogens is 230 g/mol. The molecule has 2 rings (SSSR count). The van der Waals surface area contributed by atoms with Gasteiger partial charge in [0.15, 0.2) is 11.2 Å². The maximum Gasteiger partial charge on any atom is 0.306 e. The molecular formula is C7H9N7O3. The number of imidazole rings is 1. The first kappa shape index (κ1) is 12.2. The predicted octanol–water partition coefficient (Wildman–Crippen LogP) is -2.81. The minimum absolute atomic E-state index is 0.0783. The van der Waals surface area contributed by atoms with Crippen LogP contribution in [0, 0.1) is 0 Å². The zero-order valence-electron chi connectivity index (χ0n) is 8.43. The molecule has 0 aliphatic rings. The Morgan fingerprint density at radius 2 is 1.82 bits per heavy atom. The van der Waals surface area contributed by atoms with Crippen molar-refractivity contribution in [1.29, 1.82) is 0 Å².